The molecule has 1 saturated heterocycles. The van der Waals surface area contributed by atoms with Gasteiger partial charge in [-0.2, -0.15) is 0 Å². The standard InChI is InChI=1S/C13H21N3.H2/c1-11-10-12(14)4-3-5-13(11)16-8-6-15(2)7-9-16;/h4-5,10H,3,6-9,14H2,1-2H3;1H. The Labute approximate surface area is 99.4 Å². The summed E-state index contributed by atoms with van der Waals surface area (Å²) in [5, 5.41) is 0. The van der Waals surface area contributed by atoms with Gasteiger partial charge in [0.2, 0.25) is 0 Å². The molecule has 0 radical (unpaired) electrons. The highest BCUT2D eigenvalue weighted by Gasteiger charge is 2.17. The predicted octanol–water partition coefficient (Wildman–Crippen LogP) is 1.56. The van der Waals surface area contributed by atoms with E-state index in [9.17, 15) is 0 Å². The molecule has 90 valence electrons. The Morgan fingerprint density at radius 3 is 2.56 bits per heavy atom. The molecule has 1 aliphatic carbocycles. The normalized spacial score (nSPS) is 23.4. The Morgan fingerprint density at radius 1 is 1.19 bits per heavy atom. The van der Waals surface area contributed by atoms with Crippen molar-refractivity contribution in [2.24, 2.45) is 5.73 Å². The van der Waals surface area contributed by atoms with Gasteiger partial charge in [-0.3, -0.25) is 0 Å². The molecule has 0 saturated carbocycles. The summed E-state index contributed by atoms with van der Waals surface area (Å²) in [5.74, 6) is 0. The van der Waals surface area contributed by atoms with Gasteiger partial charge in [0.25, 0.3) is 0 Å². The van der Waals surface area contributed by atoms with Crippen molar-refractivity contribution in [2.45, 2.75) is 13.3 Å². The van der Waals surface area contributed by atoms with Gasteiger partial charge in [-0.05, 0) is 32.0 Å². The molecular formula is C13H23N3. The lowest BCUT2D eigenvalue weighted by Crippen LogP contribution is -2.44. The SMILES string of the molecule is CC1=CC(N)=CCC=C1N1CCN(C)CC1.[HH]. The highest BCUT2D eigenvalue weighted by molar-refractivity contribution is 5.37. The number of nitrogens with zero attached hydrogens (tertiary/aromatic N) is 2. The summed E-state index contributed by atoms with van der Waals surface area (Å²) in [6, 6.07) is 0. The first kappa shape index (κ1) is 11.3. The largest absolute Gasteiger partial charge is 0.399 e. The Kier molecular flexibility index (Phi) is 3.34. The van der Waals surface area contributed by atoms with Gasteiger partial charge < -0.3 is 15.5 Å². The van der Waals surface area contributed by atoms with Crippen molar-refractivity contribution in [1.29, 1.82) is 0 Å². The first-order chi connectivity index (χ1) is 7.66. The van der Waals surface area contributed by atoms with E-state index >= 15 is 0 Å². The Morgan fingerprint density at radius 2 is 1.88 bits per heavy atom. The minimum atomic E-state index is 0. The molecule has 1 aliphatic heterocycles. The molecule has 1 fully saturated rings. The second-order valence-corrected chi connectivity index (χ2v) is 4.65. The maximum Gasteiger partial charge on any atom is 0.0360 e. The molecule has 0 aromatic rings. The average molecular weight is 221 g/mol. The Balaban J connectivity index is 0.00000144. The fourth-order valence-electron chi connectivity index (χ4n) is 2.28. The van der Waals surface area contributed by atoms with Crippen LogP contribution in [-0.2, 0) is 0 Å². The molecule has 0 spiro atoms. The minimum Gasteiger partial charge on any atom is -0.399 e. The number of hydrogen-bond acceptors (Lipinski definition) is 3. The van der Waals surface area contributed by atoms with E-state index in [0.29, 0.717) is 0 Å². The topological polar surface area (TPSA) is 32.5 Å². The zero-order valence-corrected chi connectivity index (χ0v) is 10.2. The molecule has 0 unspecified atom stereocenters. The van der Waals surface area contributed by atoms with E-state index in [-0.39, 0.29) is 1.43 Å². The molecule has 0 amide bonds. The summed E-state index contributed by atoms with van der Waals surface area (Å²) in [6.07, 6.45) is 7.39. The van der Waals surface area contributed by atoms with Crippen molar-refractivity contribution in [3.8, 4) is 0 Å². The van der Waals surface area contributed by atoms with Gasteiger partial charge in [-0.1, -0.05) is 12.2 Å². The zero-order valence-electron chi connectivity index (χ0n) is 10.2. The smallest absolute Gasteiger partial charge is 0.0360 e. The van der Waals surface area contributed by atoms with Gasteiger partial charge in [-0.15, -0.1) is 0 Å². The summed E-state index contributed by atoms with van der Waals surface area (Å²) in [7, 11) is 2.18. The third-order valence-electron chi connectivity index (χ3n) is 3.30. The number of piperazine rings is 1. The number of rotatable bonds is 1. The number of allylic oxidation sites excluding steroid dienone is 4. The van der Waals surface area contributed by atoms with Crippen molar-refractivity contribution in [3.63, 3.8) is 0 Å². The quantitative estimate of drug-likeness (QED) is 0.729. The van der Waals surface area contributed by atoms with Crippen LogP contribution < -0.4 is 5.73 Å². The molecular weight excluding hydrogens is 198 g/mol. The molecule has 0 bridgehead atoms. The van der Waals surface area contributed by atoms with Gasteiger partial charge in [0.1, 0.15) is 0 Å². The highest BCUT2D eigenvalue weighted by atomic mass is 15.2. The lowest BCUT2D eigenvalue weighted by Gasteiger charge is -2.36. The maximum absolute atomic E-state index is 5.86. The Bertz CT molecular complexity index is 350. The fraction of sp³-hybridized carbons (Fsp3) is 0.538. The van der Waals surface area contributed by atoms with Crippen LogP contribution in [0.1, 0.15) is 14.8 Å². The number of likely N-dealkylation sites (N-methyl/N-ethyl adjacent to an activating group) is 1. The lowest BCUT2D eigenvalue weighted by atomic mass is 10.1. The molecule has 3 heteroatoms. The lowest BCUT2D eigenvalue weighted by molar-refractivity contribution is 0.188. The van der Waals surface area contributed by atoms with E-state index in [1.54, 1.807) is 0 Å². The molecule has 16 heavy (non-hydrogen) atoms. The maximum atomic E-state index is 5.86. The second kappa shape index (κ2) is 4.74. The third-order valence-corrected chi connectivity index (χ3v) is 3.30. The van der Waals surface area contributed by atoms with Gasteiger partial charge in [0.05, 0.1) is 0 Å². The van der Waals surface area contributed by atoms with E-state index in [0.717, 1.165) is 38.3 Å². The van der Waals surface area contributed by atoms with E-state index in [1.165, 1.54) is 11.3 Å². The second-order valence-electron chi connectivity index (χ2n) is 4.65. The molecule has 2 rings (SSSR count). The minimum absolute atomic E-state index is 0. The molecule has 0 aromatic carbocycles. The molecule has 2 N–H and O–H groups in total. The number of nitrogens with two attached hydrogens (primary N) is 1. The predicted molar refractivity (Wildman–Crippen MR) is 69.9 cm³/mol. The van der Waals surface area contributed by atoms with Crippen LogP contribution in [0.25, 0.3) is 0 Å². The van der Waals surface area contributed by atoms with Crippen LogP contribution in [0.2, 0.25) is 0 Å². The van der Waals surface area contributed by atoms with Crippen molar-refractivity contribution >= 4 is 0 Å². The average Bonchev–Trinajstić information content (AvgIpc) is 2.41. The molecule has 0 aromatic heterocycles. The summed E-state index contributed by atoms with van der Waals surface area (Å²) >= 11 is 0. The van der Waals surface area contributed by atoms with E-state index in [1.807, 2.05) is 0 Å². The van der Waals surface area contributed by atoms with Gasteiger partial charge in [-0.25, -0.2) is 0 Å². The number of hydrogen-bond donors (Lipinski definition) is 1. The van der Waals surface area contributed by atoms with Crippen LogP contribution in [0.15, 0.2) is 35.2 Å². The van der Waals surface area contributed by atoms with Crippen LogP contribution in [0, 0.1) is 0 Å². The monoisotopic (exact) mass is 221 g/mol. The molecule has 1 heterocycles. The van der Waals surface area contributed by atoms with Crippen molar-refractivity contribution in [2.75, 3.05) is 33.2 Å². The summed E-state index contributed by atoms with van der Waals surface area (Å²) in [5.41, 5.74) is 9.40. The van der Waals surface area contributed by atoms with E-state index < -0.39 is 0 Å². The highest BCUT2D eigenvalue weighted by Crippen LogP contribution is 2.21. The van der Waals surface area contributed by atoms with Crippen molar-refractivity contribution in [1.82, 2.24) is 9.80 Å². The van der Waals surface area contributed by atoms with Crippen molar-refractivity contribution in [3.05, 3.63) is 35.2 Å². The first-order valence-corrected chi connectivity index (χ1v) is 5.95. The Hall–Kier alpha value is -1.22. The molecule has 0 atom stereocenters. The molecule has 2 aliphatic rings. The van der Waals surface area contributed by atoms with Gasteiger partial charge in [0.15, 0.2) is 0 Å². The zero-order chi connectivity index (χ0) is 11.5. The van der Waals surface area contributed by atoms with Crippen LogP contribution in [-0.4, -0.2) is 43.0 Å². The third kappa shape index (κ3) is 2.47. The summed E-state index contributed by atoms with van der Waals surface area (Å²) in [4.78, 5) is 4.84. The fourth-order valence-corrected chi connectivity index (χ4v) is 2.28. The van der Waals surface area contributed by atoms with Gasteiger partial charge >= 0.3 is 0 Å². The van der Waals surface area contributed by atoms with E-state index in [2.05, 4.69) is 42.0 Å². The van der Waals surface area contributed by atoms with E-state index in [4.69, 9.17) is 5.73 Å². The molecule has 3 nitrogen and oxygen atoms in total. The van der Waals surface area contributed by atoms with Gasteiger partial charge in [0, 0.05) is 39.0 Å². The van der Waals surface area contributed by atoms with Crippen molar-refractivity contribution < 1.29 is 1.43 Å². The van der Waals surface area contributed by atoms with Crippen LogP contribution in [0.4, 0.5) is 0 Å². The van der Waals surface area contributed by atoms with Crippen LogP contribution >= 0.6 is 0 Å². The van der Waals surface area contributed by atoms with Crippen LogP contribution in [0.5, 0.6) is 0 Å². The van der Waals surface area contributed by atoms with Crippen LogP contribution in [0.3, 0.4) is 0 Å². The first-order valence-electron chi connectivity index (χ1n) is 5.95. The summed E-state index contributed by atoms with van der Waals surface area (Å²) in [6.45, 7) is 6.68. The summed E-state index contributed by atoms with van der Waals surface area (Å²) < 4.78 is 0.